The molecule has 0 atom stereocenters. The van der Waals surface area contributed by atoms with E-state index in [0.29, 0.717) is 0 Å². The van der Waals surface area contributed by atoms with Crippen LogP contribution in [0.2, 0.25) is 0 Å². The Morgan fingerprint density at radius 1 is 0.303 bits per heavy atom. The van der Waals surface area contributed by atoms with Gasteiger partial charge in [0.1, 0.15) is 0 Å². The molecule has 0 amide bonds. The van der Waals surface area contributed by atoms with Crippen molar-refractivity contribution in [1.29, 1.82) is 0 Å². The maximum atomic E-state index is 8.06. The van der Waals surface area contributed by atoms with E-state index in [1.807, 2.05) is 0 Å². The van der Waals surface area contributed by atoms with Gasteiger partial charge in [-0.1, -0.05) is 0 Å². The third kappa shape index (κ3) is 19.6. The Labute approximate surface area is 216 Å². The molecule has 0 N–H and O–H groups in total. The van der Waals surface area contributed by atoms with Crippen LogP contribution in [0.4, 0.5) is 0 Å². The monoisotopic (exact) mass is 504 g/mol. The zero-order valence-electron chi connectivity index (χ0n) is 23.9. The average Bonchev–Trinajstić information content (AvgIpc) is 2.81. The van der Waals surface area contributed by atoms with Gasteiger partial charge in [-0.15, -0.1) is 0 Å². The molecule has 0 radical (unpaired) electrons. The summed E-state index contributed by atoms with van der Waals surface area (Å²) in [6.45, 7) is 9.30. The molecule has 0 saturated heterocycles. The molecule has 0 bridgehead atoms. The van der Waals surface area contributed by atoms with Gasteiger partial charge in [0.25, 0.3) is 0 Å². The van der Waals surface area contributed by atoms with Crippen LogP contribution in [0, 0.1) is 0 Å². The Kier molecular flexibility index (Phi) is 23.6. The van der Waals surface area contributed by atoms with Crippen LogP contribution in [0.25, 0.3) is 0 Å². The van der Waals surface area contributed by atoms with E-state index in [4.69, 9.17) is 11.2 Å². The summed E-state index contributed by atoms with van der Waals surface area (Å²) in [5, 5.41) is 0. The van der Waals surface area contributed by atoms with Crippen LogP contribution in [0.3, 0.4) is 0 Å². The number of rotatable bonds is 27. The standard InChI is InChI=1S/C31H66ClP/c1-5-9-13-17-21-25-29-33(32,28-24-20-16-12-8-4,30-26-22-18-14-10-6-2)31-27-23-19-15-11-7-3/h5-31H2,1-4H3. The maximum absolute atomic E-state index is 8.06. The molecule has 0 aromatic carbocycles. The first-order valence-electron chi connectivity index (χ1n) is 15.8. The second-order valence-corrected chi connectivity index (χ2v) is 19.7. The van der Waals surface area contributed by atoms with Crippen LogP contribution in [0.5, 0.6) is 0 Å². The van der Waals surface area contributed by atoms with Gasteiger partial charge in [0.2, 0.25) is 0 Å². The van der Waals surface area contributed by atoms with Crippen molar-refractivity contribution in [3.8, 4) is 0 Å². The molecule has 0 nitrogen and oxygen atoms in total. The molecule has 0 rings (SSSR count). The SMILES string of the molecule is CCCCCCCCP(Cl)(CCCCCCC)(CCCCCCCC)CCCCCCCC. The van der Waals surface area contributed by atoms with Gasteiger partial charge >= 0.3 is 217 Å². The second-order valence-electron chi connectivity index (χ2n) is 11.4. The van der Waals surface area contributed by atoms with Crippen LogP contribution < -0.4 is 0 Å². The fourth-order valence-electron chi connectivity index (χ4n) is 5.64. The molecular weight excluding hydrogens is 439 g/mol. The minimum absolute atomic E-state index is 1.34. The van der Waals surface area contributed by atoms with Gasteiger partial charge in [-0.05, 0) is 0 Å². The van der Waals surface area contributed by atoms with Crippen molar-refractivity contribution in [2.45, 2.75) is 175 Å². The van der Waals surface area contributed by atoms with Crippen molar-refractivity contribution >= 4 is 17.2 Å². The quantitative estimate of drug-likeness (QED) is 0.0770. The average molecular weight is 505 g/mol. The third-order valence-electron chi connectivity index (χ3n) is 8.03. The molecule has 0 fully saturated rings. The van der Waals surface area contributed by atoms with Crippen LogP contribution in [0.15, 0.2) is 0 Å². The second kappa shape index (κ2) is 23.1. The van der Waals surface area contributed by atoms with E-state index in [0.717, 1.165) is 0 Å². The summed E-state index contributed by atoms with van der Waals surface area (Å²) in [5.41, 5.74) is 0. The number of hydrogen-bond donors (Lipinski definition) is 0. The number of halogens is 1. The summed E-state index contributed by atoms with van der Waals surface area (Å²) in [6, 6.07) is 0. The fourth-order valence-corrected chi connectivity index (χ4v) is 12.5. The van der Waals surface area contributed by atoms with Crippen LogP contribution in [-0.4, -0.2) is 24.6 Å². The zero-order valence-corrected chi connectivity index (χ0v) is 25.6. The predicted octanol–water partition coefficient (Wildman–Crippen LogP) is 12.7. The minimum atomic E-state index is -2.09. The Bertz CT molecular complexity index is 351. The van der Waals surface area contributed by atoms with Crippen molar-refractivity contribution in [3.05, 3.63) is 0 Å². The van der Waals surface area contributed by atoms with E-state index in [-0.39, 0.29) is 0 Å². The Morgan fingerprint density at radius 2 is 0.485 bits per heavy atom. The predicted molar refractivity (Wildman–Crippen MR) is 161 cm³/mol. The topological polar surface area (TPSA) is 0 Å². The van der Waals surface area contributed by atoms with Gasteiger partial charge in [0.15, 0.2) is 0 Å². The first-order valence-corrected chi connectivity index (χ1v) is 19.6. The Hall–Kier alpha value is 0.720. The zero-order chi connectivity index (χ0) is 24.5. The molecule has 0 aliphatic rings. The van der Waals surface area contributed by atoms with E-state index < -0.39 is 5.96 Å². The first-order chi connectivity index (χ1) is 16.0. The van der Waals surface area contributed by atoms with Crippen LogP contribution in [0.1, 0.15) is 175 Å². The van der Waals surface area contributed by atoms with E-state index in [1.54, 1.807) is 0 Å². The Morgan fingerprint density at radius 3 is 0.697 bits per heavy atom. The summed E-state index contributed by atoms with van der Waals surface area (Å²) in [7, 11) is 0. The summed E-state index contributed by atoms with van der Waals surface area (Å²) in [5.74, 6) is -2.09. The van der Waals surface area contributed by atoms with Crippen molar-refractivity contribution in [1.82, 2.24) is 0 Å². The molecule has 202 valence electrons. The van der Waals surface area contributed by atoms with E-state index in [2.05, 4.69) is 27.7 Å². The molecule has 0 unspecified atom stereocenters. The van der Waals surface area contributed by atoms with E-state index in [9.17, 15) is 0 Å². The van der Waals surface area contributed by atoms with Crippen LogP contribution >= 0.6 is 17.2 Å². The molecule has 2 heteroatoms. The molecular formula is C31H66ClP. The van der Waals surface area contributed by atoms with E-state index >= 15 is 0 Å². The van der Waals surface area contributed by atoms with Gasteiger partial charge in [-0.3, -0.25) is 0 Å². The van der Waals surface area contributed by atoms with Crippen molar-refractivity contribution in [2.75, 3.05) is 24.6 Å². The molecule has 0 aromatic heterocycles. The van der Waals surface area contributed by atoms with Crippen LogP contribution in [-0.2, 0) is 0 Å². The normalized spacial score (nSPS) is 13.3. The molecule has 0 aliphatic carbocycles. The summed E-state index contributed by atoms with van der Waals surface area (Å²) in [6.07, 6.45) is 38.0. The summed E-state index contributed by atoms with van der Waals surface area (Å²) < 4.78 is 0. The number of hydrogen-bond acceptors (Lipinski definition) is 0. The first kappa shape index (κ1) is 33.7. The molecule has 0 saturated carbocycles. The molecule has 0 heterocycles. The van der Waals surface area contributed by atoms with Crippen molar-refractivity contribution < 1.29 is 0 Å². The molecule has 0 aliphatic heterocycles. The number of unbranched alkanes of at least 4 members (excludes halogenated alkanes) is 19. The Balaban J connectivity index is 4.99. The van der Waals surface area contributed by atoms with Crippen molar-refractivity contribution in [2.24, 2.45) is 0 Å². The van der Waals surface area contributed by atoms with Gasteiger partial charge in [-0.25, -0.2) is 0 Å². The molecule has 0 aromatic rings. The van der Waals surface area contributed by atoms with E-state index in [1.165, 1.54) is 172 Å². The van der Waals surface area contributed by atoms with Gasteiger partial charge in [0.05, 0.1) is 0 Å². The fraction of sp³-hybridized carbons (Fsp3) is 1.00. The molecule has 0 spiro atoms. The van der Waals surface area contributed by atoms with Crippen molar-refractivity contribution in [3.63, 3.8) is 0 Å². The molecule has 33 heavy (non-hydrogen) atoms. The van der Waals surface area contributed by atoms with Gasteiger partial charge < -0.3 is 0 Å². The van der Waals surface area contributed by atoms with Gasteiger partial charge in [-0.2, -0.15) is 0 Å². The third-order valence-corrected chi connectivity index (χ3v) is 15.8. The summed E-state index contributed by atoms with van der Waals surface area (Å²) in [4.78, 5) is 0. The van der Waals surface area contributed by atoms with Gasteiger partial charge in [0, 0.05) is 0 Å². The summed E-state index contributed by atoms with van der Waals surface area (Å²) >= 11 is 8.06.